The van der Waals surface area contributed by atoms with Crippen LogP contribution in [0.3, 0.4) is 0 Å². The number of piperazine rings is 1. The van der Waals surface area contributed by atoms with Gasteiger partial charge in [0.2, 0.25) is 0 Å². The van der Waals surface area contributed by atoms with E-state index in [-0.39, 0.29) is 0 Å². The van der Waals surface area contributed by atoms with Crippen LogP contribution in [0.5, 0.6) is 0 Å². The topological polar surface area (TPSA) is 24.5 Å². The predicted molar refractivity (Wildman–Crippen MR) is 73.4 cm³/mol. The van der Waals surface area contributed by atoms with E-state index in [9.17, 15) is 0 Å². The second-order valence-corrected chi connectivity index (χ2v) is 5.49. The SMILES string of the molecule is CCCCOCCN1CCNCC1CC(C)C. The van der Waals surface area contributed by atoms with Crippen LogP contribution in [0.1, 0.15) is 40.0 Å². The molecule has 0 aromatic heterocycles. The molecule has 1 unspecified atom stereocenters. The first-order valence-corrected chi connectivity index (χ1v) is 7.26. The third kappa shape index (κ3) is 6.39. The molecule has 1 atom stereocenters. The van der Waals surface area contributed by atoms with Crippen LogP contribution in [0.15, 0.2) is 0 Å². The summed E-state index contributed by atoms with van der Waals surface area (Å²) in [5.41, 5.74) is 0. The standard InChI is InChI=1S/C14H30N2O/c1-4-5-9-17-10-8-16-7-6-15-12-14(16)11-13(2)3/h13-15H,4-12H2,1-3H3. The van der Waals surface area contributed by atoms with Crippen LogP contribution in [-0.2, 0) is 4.74 Å². The summed E-state index contributed by atoms with van der Waals surface area (Å²) in [6.07, 6.45) is 3.71. The van der Waals surface area contributed by atoms with Crippen molar-refractivity contribution < 1.29 is 4.74 Å². The first-order valence-electron chi connectivity index (χ1n) is 7.26. The maximum Gasteiger partial charge on any atom is 0.0593 e. The summed E-state index contributed by atoms with van der Waals surface area (Å²) in [5.74, 6) is 0.781. The summed E-state index contributed by atoms with van der Waals surface area (Å²) in [7, 11) is 0. The van der Waals surface area contributed by atoms with E-state index in [0.717, 1.165) is 38.8 Å². The van der Waals surface area contributed by atoms with Gasteiger partial charge in [-0.3, -0.25) is 4.90 Å². The van der Waals surface area contributed by atoms with Crippen LogP contribution >= 0.6 is 0 Å². The van der Waals surface area contributed by atoms with Gasteiger partial charge in [-0.15, -0.1) is 0 Å². The Morgan fingerprint density at radius 1 is 1.35 bits per heavy atom. The molecular formula is C14H30N2O. The van der Waals surface area contributed by atoms with E-state index in [1.54, 1.807) is 0 Å². The van der Waals surface area contributed by atoms with E-state index in [1.807, 2.05) is 0 Å². The maximum absolute atomic E-state index is 5.67. The van der Waals surface area contributed by atoms with Crippen molar-refractivity contribution in [3.05, 3.63) is 0 Å². The molecule has 0 aromatic carbocycles. The molecule has 0 saturated carbocycles. The normalized spacial score (nSPS) is 22.2. The molecule has 1 aliphatic heterocycles. The molecule has 0 aliphatic carbocycles. The lowest BCUT2D eigenvalue weighted by molar-refractivity contribution is 0.0695. The first kappa shape index (κ1) is 14.9. The van der Waals surface area contributed by atoms with Gasteiger partial charge in [0.1, 0.15) is 0 Å². The lowest BCUT2D eigenvalue weighted by Crippen LogP contribution is -2.52. The second kappa shape index (κ2) is 8.90. The minimum absolute atomic E-state index is 0.707. The molecule has 0 spiro atoms. The monoisotopic (exact) mass is 242 g/mol. The van der Waals surface area contributed by atoms with E-state index in [0.29, 0.717) is 6.04 Å². The molecule has 0 aromatic rings. The highest BCUT2D eigenvalue weighted by atomic mass is 16.5. The molecule has 0 radical (unpaired) electrons. The first-order chi connectivity index (χ1) is 8.24. The Morgan fingerprint density at radius 2 is 2.18 bits per heavy atom. The van der Waals surface area contributed by atoms with E-state index in [1.165, 1.54) is 25.8 Å². The van der Waals surface area contributed by atoms with E-state index in [2.05, 4.69) is 31.0 Å². The Bertz CT molecular complexity index is 185. The molecule has 0 bridgehead atoms. The lowest BCUT2D eigenvalue weighted by Gasteiger charge is -2.37. The summed E-state index contributed by atoms with van der Waals surface area (Å²) >= 11 is 0. The molecule has 102 valence electrons. The summed E-state index contributed by atoms with van der Waals surface area (Å²) in [6, 6.07) is 0.707. The van der Waals surface area contributed by atoms with Gasteiger partial charge < -0.3 is 10.1 Å². The number of hydrogen-bond donors (Lipinski definition) is 1. The molecule has 1 saturated heterocycles. The molecule has 1 aliphatic rings. The van der Waals surface area contributed by atoms with Crippen molar-refractivity contribution in [3.63, 3.8) is 0 Å². The van der Waals surface area contributed by atoms with Crippen LogP contribution in [0, 0.1) is 5.92 Å². The van der Waals surface area contributed by atoms with Crippen LogP contribution < -0.4 is 5.32 Å². The summed E-state index contributed by atoms with van der Waals surface area (Å²) in [4.78, 5) is 2.60. The third-order valence-electron chi connectivity index (χ3n) is 3.38. The van der Waals surface area contributed by atoms with Crippen molar-refractivity contribution in [3.8, 4) is 0 Å². The summed E-state index contributed by atoms with van der Waals surface area (Å²) in [5, 5.41) is 3.50. The average Bonchev–Trinajstić information content (AvgIpc) is 2.30. The average molecular weight is 242 g/mol. The molecule has 1 rings (SSSR count). The van der Waals surface area contributed by atoms with Crippen molar-refractivity contribution in [1.29, 1.82) is 0 Å². The number of nitrogens with zero attached hydrogens (tertiary/aromatic N) is 1. The Hall–Kier alpha value is -0.120. The van der Waals surface area contributed by atoms with Gasteiger partial charge >= 0.3 is 0 Å². The van der Waals surface area contributed by atoms with Crippen molar-refractivity contribution in [2.75, 3.05) is 39.4 Å². The van der Waals surface area contributed by atoms with Gasteiger partial charge in [0, 0.05) is 38.8 Å². The van der Waals surface area contributed by atoms with E-state index < -0.39 is 0 Å². The van der Waals surface area contributed by atoms with Crippen molar-refractivity contribution >= 4 is 0 Å². The van der Waals surface area contributed by atoms with E-state index in [4.69, 9.17) is 4.74 Å². The van der Waals surface area contributed by atoms with Crippen LogP contribution in [-0.4, -0.2) is 50.3 Å². The fourth-order valence-corrected chi connectivity index (χ4v) is 2.40. The number of rotatable bonds is 8. The molecule has 1 heterocycles. The zero-order chi connectivity index (χ0) is 12.5. The van der Waals surface area contributed by atoms with Crippen LogP contribution in [0.25, 0.3) is 0 Å². The highest BCUT2D eigenvalue weighted by molar-refractivity contribution is 4.80. The maximum atomic E-state index is 5.67. The number of nitrogens with one attached hydrogen (secondary N) is 1. The largest absolute Gasteiger partial charge is 0.380 e. The second-order valence-electron chi connectivity index (χ2n) is 5.49. The minimum Gasteiger partial charge on any atom is -0.380 e. The van der Waals surface area contributed by atoms with Gasteiger partial charge in [0.05, 0.1) is 6.61 Å². The third-order valence-corrected chi connectivity index (χ3v) is 3.38. The van der Waals surface area contributed by atoms with Gasteiger partial charge in [-0.2, -0.15) is 0 Å². The Morgan fingerprint density at radius 3 is 2.88 bits per heavy atom. The van der Waals surface area contributed by atoms with Crippen molar-refractivity contribution in [2.45, 2.75) is 46.1 Å². The molecule has 17 heavy (non-hydrogen) atoms. The zero-order valence-corrected chi connectivity index (χ0v) is 11.9. The highest BCUT2D eigenvalue weighted by Crippen LogP contribution is 2.13. The molecule has 1 N–H and O–H groups in total. The molecule has 1 fully saturated rings. The molecule has 3 nitrogen and oxygen atoms in total. The lowest BCUT2D eigenvalue weighted by atomic mass is 10.0. The zero-order valence-electron chi connectivity index (χ0n) is 11.9. The Kier molecular flexibility index (Phi) is 7.82. The van der Waals surface area contributed by atoms with Gasteiger partial charge in [-0.05, 0) is 18.8 Å². The van der Waals surface area contributed by atoms with Crippen LogP contribution in [0.4, 0.5) is 0 Å². The smallest absolute Gasteiger partial charge is 0.0593 e. The predicted octanol–water partition coefficient (Wildman–Crippen LogP) is 2.12. The number of ether oxygens (including phenoxy) is 1. The fraction of sp³-hybridized carbons (Fsp3) is 1.00. The number of hydrogen-bond acceptors (Lipinski definition) is 3. The van der Waals surface area contributed by atoms with Gasteiger partial charge in [-0.25, -0.2) is 0 Å². The van der Waals surface area contributed by atoms with Gasteiger partial charge in [-0.1, -0.05) is 27.2 Å². The van der Waals surface area contributed by atoms with Gasteiger partial charge in [0.15, 0.2) is 0 Å². The number of unbranched alkanes of at least 4 members (excludes halogenated alkanes) is 1. The highest BCUT2D eigenvalue weighted by Gasteiger charge is 2.22. The quantitative estimate of drug-likeness (QED) is 0.660. The molecule has 0 amide bonds. The Balaban J connectivity index is 2.18. The summed E-state index contributed by atoms with van der Waals surface area (Å²) < 4.78 is 5.67. The van der Waals surface area contributed by atoms with Crippen molar-refractivity contribution in [2.24, 2.45) is 5.92 Å². The molecular weight excluding hydrogens is 212 g/mol. The molecule has 3 heteroatoms. The van der Waals surface area contributed by atoms with Crippen LogP contribution in [0.2, 0.25) is 0 Å². The Labute approximate surface area is 107 Å². The van der Waals surface area contributed by atoms with Crippen molar-refractivity contribution in [1.82, 2.24) is 10.2 Å². The summed E-state index contributed by atoms with van der Waals surface area (Å²) in [6.45, 7) is 13.2. The van der Waals surface area contributed by atoms with E-state index >= 15 is 0 Å². The fourth-order valence-electron chi connectivity index (χ4n) is 2.40. The van der Waals surface area contributed by atoms with Gasteiger partial charge in [0.25, 0.3) is 0 Å². The minimum atomic E-state index is 0.707.